The maximum absolute atomic E-state index is 11.9. The van der Waals surface area contributed by atoms with Crippen molar-refractivity contribution in [2.24, 2.45) is 0 Å². The van der Waals surface area contributed by atoms with Gasteiger partial charge in [-0.25, -0.2) is 0 Å². The second-order valence-electron chi connectivity index (χ2n) is 6.20. The smallest absolute Gasteiger partial charge is 0.152 e. The molecule has 0 aliphatic carbocycles. The van der Waals surface area contributed by atoms with E-state index in [1.165, 1.54) is 0 Å². The van der Waals surface area contributed by atoms with Crippen LogP contribution in [0.15, 0.2) is 72.8 Å². The van der Waals surface area contributed by atoms with E-state index in [1.54, 1.807) is 42.5 Å². The first kappa shape index (κ1) is 16.0. The molecule has 4 rings (SSSR count). The Balaban J connectivity index is 2.02. The van der Waals surface area contributed by atoms with Crippen molar-refractivity contribution in [1.82, 2.24) is 4.57 Å². The fraction of sp³-hybridized carbons (Fsp3) is 0.0455. The van der Waals surface area contributed by atoms with Crippen molar-refractivity contribution in [3.05, 3.63) is 83.9 Å². The van der Waals surface area contributed by atoms with E-state index in [-0.39, 0.29) is 11.5 Å². The lowest BCUT2D eigenvalue weighted by atomic mass is 10.1. The molecule has 0 unspecified atom stereocenters. The minimum atomic E-state index is 0.152. The van der Waals surface area contributed by atoms with Crippen LogP contribution in [0.5, 0.6) is 11.5 Å². The molecule has 4 nitrogen and oxygen atoms in total. The third kappa shape index (κ3) is 2.71. The quantitative estimate of drug-likeness (QED) is 0.533. The molecule has 1 aromatic heterocycles. The molecule has 128 valence electrons. The molecule has 0 amide bonds. The first-order valence-corrected chi connectivity index (χ1v) is 8.31. The molecule has 2 N–H and O–H groups in total. The lowest BCUT2D eigenvalue weighted by Crippen LogP contribution is -2.02. The van der Waals surface area contributed by atoms with Crippen LogP contribution in [0.4, 0.5) is 0 Å². The second kappa shape index (κ2) is 6.41. The lowest BCUT2D eigenvalue weighted by Gasteiger charge is -2.12. The number of rotatable bonds is 4. The van der Waals surface area contributed by atoms with Crippen LogP contribution in [0.3, 0.4) is 0 Å². The lowest BCUT2D eigenvalue weighted by molar-refractivity contribution is 0.112. The van der Waals surface area contributed by atoms with Crippen molar-refractivity contribution in [3.63, 3.8) is 0 Å². The molecular weight excluding hydrogens is 326 g/mol. The summed E-state index contributed by atoms with van der Waals surface area (Å²) in [6.07, 6.45) is 0.850. The molecule has 4 heteroatoms. The molecule has 0 fully saturated rings. The molecule has 0 saturated heterocycles. The van der Waals surface area contributed by atoms with Crippen LogP contribution in [0.2, 0.25) is 0 Å². The summed E-state index contributed by atoms with van der Waals surface area (Å²) in [5.74, 6) is 0.323. The highest BCUT2D eigenvalue weighted by molar-refractivity contribution is 6.05. The number of aromatic hydroxyl groups is 2. The topological polar surface area (TPSA) is 62.5 Å². The number of carbonyl (C=O) groups is 1. The van der Waals surface area contributed by atoms with Gasteiger partial charge in [-0.2, -0.15) is 0 Å². The Labute approximate surface area is 150 Å². The molecule has 0 aliphatic rings. The van der Waals surface area contributed by atoms with E-state index in [4.69, 9.17) is 0 Å². The Morgan fingerprint density at radius 1 is 0.846 bits per heavy atom. The number of fused-ring (bicyclic) bond motifs is 1. The number of phenols is 2. The zero-order valence-corrected chi connectivity index (χ0v) is 14.0. The number of aromatic nitrogens is 1. The van der Waals surface area contributed by atoms with Crippen LogP contribution in [-0.2, 0) is 6.54 Å². The summed E-state index contributed by atoms with van der Waals surface area (Å²) in [4.78, 5) is 11.9. The van der Waals surface area contributed by atoms with E-state index in [9.17, 15) is 15.0 Å². The predicted molar refractivity (Wildman–Crippen MR) is 102 cm³/mol. The summed E-state index contributed by atoms with van der Waals surface area (Å²) in [5, 5.41) is 20.4. The highest BCUT2D eigenvalue weighted by Gasteiger charge is 2.19. The van der Waals surface area contributed by atoms with E-state index >= 15 is 0 Å². The number of nitrogens with zero attached hydrogens (tertiary/aromatic N) is 1. The van der Waals surface area contributed by atoms with Gasteiger partial charge in [-0.05, 0) is 47.5 Å². The predicted octanol–water partition coefficient (Wildman–Crippen LogP) is 4.58. The molecule has 0 bridgehead atoms. The molecular formula is C22H17NO3. The van der Waals surface area contributed by atoms with Gasteiger partial charge in [-0.1, -0.05) is 30.3 Å². The summed E-state index contributed by atoms with van der Waals surface area (Å²) in [7, 11) is 0. The van der Waals surface area contributed by atoms with Crippen molar-refractivity contribution in [2.75, 3.05) is 0 Å². The van der Waals surface area contributed by atoms with Gasteiger partial charge in [0.25, 0.3) is 0 Å². The number of phenolic OH excluding ortho intramolecular Hbond substituents is 2. The Hall–Kier alpha value is -3.53. The van der Waals surface area contributed by atoms with Gasteiger partial charge in [0, 0.05) is 23.6 Å². The van der Waals surface area contributed by atoms with Gasteiger partial charge in [-0.15, -0.1) is 0 Å². The molecule has 0 saturated carbocycles. The largest absolute Gasteiger partial charge is 0.508 e. The van der Waals surface area contributed by atoms with Crippen LogP contribution >= 0.6 is 0 Å². The number of hydrogen-bond donors (Lipinski definition) is 2. The van der Waals surface area contributed by atoms with Crippen LogP contribution in [0.25, 0.3) is 22.2 Å². The summed E-state index contributed by atoms with van der Waals surface area (Å²) >= 11 is 0. The minimum Gasteiger partial charge on any atom is -0.508 e. The summed E-state index contributed by atoms with van der Waals surface area (Å²) in [5.41, 5.74) is 4.05. The summed E-state index contributed by atoms with van der Waals surface area (Å²) in [6.45, 7) is 0.560. The maximum Gasteiger partial charge on any atom is 0.152 e. The first-order chi connectivity index (χ1) is 12.7. The van der Waals surface area contributed by atoms with Crippen molar-refractivity contribution in [1.29, 1.82) is 0 Å². The van der Waals surface area contributed by atoms with Gasteiger partial charge in [0.1, 0.15) is 11.5 Å². The number of hydrogen-bond acceptors (Lipinski definition) is 3. The zero-order chi connectivity index (χ0) is 18.1. The number of aldehydes is 1. The third-order valence-corrected chi connectivity index (χ3v) is 4.53. The van der Waals surface area contributed by atoms with Gasteiger partial charge in [0.05, 0.1) is 11.2 Å². The van der Waals surface area contributed by atoms with Gasteiger partial charge in [-0.3, -0.25) is 4.79 Å². The standard InChI is InChI=1S/C22H17NO3/c24-14-20-19-11-10-18(26)12-21(19)23(13-15-4-2-1-3-5-15)22(20)16-6-8-17(25)9-7-16/h1-12,14,25-26H,13H2. The van der Waals surface area contributed by atoms with E-state index < -0.39 is 0 Å². The summed E-state index contributed by atoms with van der Waals surface area (Å²) < 4.78 is 2.03. The molecule has 26 heavy (non-hydrogen) atoms. The zero-order valence-electron chi connectivity index (χ0n) is 14.0. The van der Waals surface area contributed by atoms with E-state index in [1.807, 2.05) is 34.9 Å². The monoisotopic (exact) mass is 343 g/mol. The normalized spacial score (nSPS) is 10.9. The molecule has 4 aromatic rings. The number of carbonyl (C=O) groups excluding carboxylic acids is 1. The SMILES string of the molecule is O=Cc1c(-c2ccc(O)cc2)n(Cc2ccccc2)c2cc(O)ccc12. The van der Waals surface area contributed by atoms with Gasteiger partial charge < -0.3 is 14.8 Å². The molecule has 3 aromatic carbocycles. The van der Waals surface area contributed by atoms with Crippen molar-refractivity contribution in [3.8, 4) is 22.8 Å². The summed E-state index contributed by atoms with van der Waals surface area (Å²) in [6, 6.07) is 21.8. The van der Waals surface area contributed by atoms with E-state index in [0.29, 0.717) is 12.1 Å². The minimum absolute atomic E-state index is 0.152. The highest BCUT2D eigenvalue weighted by atomic mass is 16.3. The van der Waals surface area contributed by atoms with Crippen molar-refractivity contribution >= 4 is 17.2 Å². The van der Waals surface area contributed by atoms with Crippen LogP contribution in [0, 0.1) is 0 Å². The molecule has 0 spiro atoms. The Bertz CT molecular complexity index is 1080. The van der Waals surface area contributed by atoms with E-state index in [2.05, 4.69) is 0 Å². The molecule has 0 atom stereocenters. The average Bonchev–Trinajstić information content (AvgIpc) is 2.96. The van der Waals surface area contributed by atoms with Crippen LogP contribution in [-0.4, -0.2) is 21.1 Å². The van der Waals surface area contributed by atoms with Crippen LogP contribution in [0.1, 0.15) is 15.9 Å². The Morgan fingerprint density at radius 2 is 1.54 bits per heavy atom. The third-order valence-electron chi connectivity index (χ3n) is 4.53. The fourth-order valence-corrected chi connectivity index (χ4v) is 3.34. The molecule has 0 radical (unpaired) electrons. The Morgan fingerprint density at radius 3 is 2.23 bits per heavy atom. The van der Waals surface area contributed by atoms with Gasteiger partial charge >= 0.3 is 0 Å². The fourth-order valence-electron chi connectivity index (χ4n) is 3.34. The van der Waals surface area contributed by atoms with E-state index in [0.717, 1.165) is 34.0 Å². The van der Waals surface area contributed by atoms with Crippen molar-refractivity contribution in [2.45, 2.75) is 6.54 Å². The second-order valence-corrected chi connectivity index (χ2v) is 6.20. The number of benzene rings is 3. The van der Waals surface area contributed by atoms with Gasteiger partial charge in [0.2, 0.25) is 0 Å². The van der Waals surface area contributed by atoms with Crippen molar-refractivity contribution < 1.29 is 15.0 Å². The van der Waals surface area contributed by atoms with Crippen LogP contribution < -0.4 is 0 Å². The van der Waals surface area contributed by atoms with Gasteiger partial charge in [0.15, 0.2) is 6.29 Å². The highest BCUT2D eigenvalue weighted by Crippen LogP contribution is 2.35. The average molecular weight is 343 g/mol. The molecule has 1 heterocycles. The first-order valence-electron chi connectivity index (χ1n) is 8.31. The Kier molecular flexibility index (Phi) is 3.93. The maximum atomic E-state index is 11.9. The molecule has 0 aliphatic heterocycles.